The van der Waals surface area contributed by atoms with Crippen LogP contribution in [-0.4, -0.2) is 26.2 Å². The molecule has 0 bridgehead atoms. The zero-order chi connectivity index (χ0) is 24.7. The predicted molar refractivity (Wildman–Crippen MR) is 149 cm³/mol. The molecule has 35 heavy (non-hydrogen) atoms. The van der Waals surface area contributed by atoms with Gasteiger partial charge in [-0.25, -0.2) is 0 Å². The Labute approximate surface area is 212 Å². The largest absolute Gasteiger partial charge is 0.457 e. The lowest BCUT2D eigenvalue weighted by atomic mass is 9.67. The molecule has 1 aliphatic heterocycles. The van der Waals surface area contributed by atoms with Gasteiger partial charge in [0.05, 0.1) is 10.3 Å². The molecular formula is C29H34N4OS. The predicted octanol–water partition coefficient (Wildman–Crippen LogP) is 6.07. The summed E-state index contributed by atoms with van der Waals surface area (Å²) in [5, 5.41) is 6.20. The van der Waals surface area contributed by atoms with Crippen LogP contribution in [0.25, 0.3) is 4.91 Å². The molecule has 1 aliphatic carbocycles. The molecule has 0 saturated carbocycles. The van der Waals surface area contributed by atoms with E-state index in [-0.39, 0.29) is 0 Å². The summed E-state index contributed by atoms with van der Waals surface area (Å²) in [6.45, 7) is 12.4. The topological polar surface area (TPSA) is 67.8 Å². The van der Waals surface area contributed by atoms with Crippen LogP contribution >= 0.6 is 11.9 Å². The first kappa shape index (κ1) is 23.6. The van der Waals surface area contributed by atoms with Gasteiger partial charge in [-0.1, -0.05) is 36.4 Å². The summed E-state index contributed by atoms with van der Waals surface area (Å²) in [7, 11) is 0. The van der Waals surface area contributed by atoms with Crippen LogP contribution in [0.4, 0.5) is 11.4 Å². The summed E-state index contributed by atoms with van der Waals surface area (Å²) in [5.74, 6) is 1.69. The van der Waals surface area contributed by atoms with Crippen molar-refractivity contribution >= 4 is 28.2 Å². The standard InChI is InChI=1S/C29H34N4OS/c1-5-32(6-2)19-13-15-23-25(17-19)34-26-18-20(33(7-3)8-4)14-16-24(26)29(23)22-12-10-9-11-21(22)27(35-31)28(29)30/h9-18H,5-8,30-31H2,1-4H3. The highest BCUT2D eigenvalue weighted by Gasteiger charge is 2.52. The maximum atomic E-state index is 7.08. The van der Waals surface area contributed by atoms with Crippen LogP contribution in [0.15, 0.2) is 66.4 Å². The van der Waals surface area contributed by atoms with Crippen LogP contribution < -0.4 is 25.4 Å². The van der Waals surface area contributed by atoms with Gasteiger partial charge < -0.3 is 20.3 Å². The first-order chi connectivity index (χ1) is 17.0. The maximum Gasteiger partial charge on any atom is 0.134 e. The Morgan fingerprint density at radius 2 is 1.26 bits per heavy atom. The number of fused-ring (bicyclic) bond motifs is 6. The second kappa shape index (κ2) is 9.17. The highest BCUT2D eigenvalue weighted by Crippen LogP contribution is 2.61. The number of hydrogen-bond donors (Lipinski definition) is 2. The Balaban J connectivity index is 1.83. The number of rotatable bonds is 7. The van der Waals surface area contributed by atoms with Crippen LogP contribution in [-0.2, 0) is 5.41 Å². The first-order valence-electron chi connectivity index (χ1n) is 12.5. The molecule has 0 saturated heterocycles. The van der Waals surface area contributed by atoms with Gasteiger partial charge in [-0.15, -0.1) is 0 Å². The van der Waals surface area contributed by atoms with Crippen molar-refractivity contribution < 1.29 is 4.74 Å². The Bertz CT molecular complexity index is 1230. The molecular weight excluding hydrogens is 452 g/mol. The van der Waals surface area contributed by atoms with Crippen LogP contribution in [0.5, 0.6) is 11.5 Å². The van der Waals surface area contributed by atoms with E-state index in [0.29, 0.717) is 0 Å². The van der Waals surface area contributed by atoms with E-state index in [4.69, 9.17) is 15.6 Å². The molecule has 0 unspecified atom stereocenters. The van der Waals surface area contributed by atoms with Crippen molar-refractivity contribution in [3.05, 3.63) is 88.6 Å². The number of nitrogens with two attached hydrogens (primary N) is 2. The third-order valence-corrected chi connectivity index (χ3v) is 8.23. The highest BCUT2D eigenvalue weighted by atomic mass is 32.2. The normalized spacial score (nSPS) is 14.9. The number of benzene rings is 3. The number of hydrogen-bond acceptors (Lipinski definition) is 6. The highest BCUT2D eigenvalue weighted by molar-refractivity contribution is 8.06. The smallest absolute Gasteiger partial charge is 0.134 e. The lowest BCUT2D eigenvalue weighted by Crippen LogP contribution is -2.36. The van der Waals surface area contributed by atoms with E-state index in [1.165, 1.54) is 11.9 Å². The van der Waals surface area contributed by atoms with Gasteiger partial charge >= 0.3 is 0 Å². The van der Waals surface area contributed by atoms with Gasteiger partial charge in [-0.05, 0) is 62.9 Å². The summed E-state index contributed by atoms with van der Waals surface area (Å²) in [5.41, 5.74) is 13.9. The van der Waals surface area contributed by atoms with Gasteiger partial charge in [0.1, 0.15) is 11.5 Å². The molecule has 1 heterocycles. The monoisotopic (exact) mass is 486 g/mol. The van der Waals surface area contributed by atoms with Crippen molar-refractivity contribution in [3.8, 4) is 11.5 Å². The SMILES string of the molecule is CCN(CC)c1ccc2c(c1)Oc1cc(N(CC)CC)ccc1C21C(N)=C(SN)c2ccccc21. The lowest BCUT2D eigenvalue weighted by molar-refractivity contribution is 0.433. The first-order valence-corrected chi connectivity index (χ1v) is 13.4. The number of ether oxygens (including phenoxy) is 1. The molecule has 4 N–H and O–H groups in total. The summed E-state index contributed by atoms with van der Waals surface area (Å²) >= 11 is 1.23. The second-order valence-electron chi connectivity index (χ2n) is 8.96. The Hall–Kier alpha value is -3.09. The molecule has 0 fully saturated rings. The van der Waals surface area contributed by atoms with Crippen molar-refractivity contribution in [2.24, 2.45) is 10.9 Å². The third kappa shape index (κ3) is 3.34. The average molecular weight is 487 g/mol. The van der Waals surface area contributed by atoms with Gasteiger partial charge in [0, 0.05) is 66.5 Å². The fourth-order valence-corrected chi connectivity index (χ4v) is 6.41. The van der Waals surface area contributed by atoms with Crippen molar-refractivity contribution in [2.75, 3.05) is 36.0 Å². The number of anilines is 2. The molecule has 5 rings (SSSR count). The van der Waals surface area contributed by atoms with Gasteiger partial charge in [0.15, 0.2) is 0 Å². The van der Waals surface area contributed by atoms with Crippen molar-refractivity contribution in [1.29, 1.82) is 0 Å². The Morgan fingerprint density at radius 1 is 0.743 bits per heavy atom. The molecule has 0 aromatic heterocycles. The second-order valence-corrected chi connectivity index (χ2v) is 9.61. The molecule has 3 aromatic rings. The number of nitrogens with zero attached hydrogens (tertiary/aromatic N) is 2. The van der Waals surface area contributed by atoms with E-state index < -0.39 is 5.41 Å². The van der Waals surface area contributed by atoms with E-state index in [1.807, 2.05) is 0 Å². The van der Waals surface area contributed by atoms with Gasteiger partial charge in [-0.2, -0.15) is 0 Å². The van der Waals surface area contributed by atoms with Crippen molar-refractivity contribution in [1.82, 2.24) is 0 Å². The van der Waals surface area contributed by atoms with E-state index in [0.717, 1.165) is 81.9 Å². The fourth-order valence-electron chi connectivity index (χ4n) is 5.82. The maximum absolute atomic E-state index is 7.08. The van der Waals surface area contributed by atoms with Crippen molar-refractivity contribution in [2.45, 2.75) is 33.1 Å². The average Bonchev–Trinajstić information content (AvgIpc) is 3.13. The minimum absolute atomic E-state index is 0.648. The fraction of sp³-hybridized carbons (Fsp3) is 0.310. The third-order valence-electron chi connectivity index (χ3n) is 7.56. The van der Waals surface area contributed by atoms with E-state index >= 15 is 0 Å². The van der Waals surface area contributed by atoms with Crippen LogP contribution in [0.3, 0.4) is 0 Å². The Kier molecular flexibility index (Phi) is 6.20. The van der Waals surface area contributed by atoms with E-state index in [9.17, 15) is 0 Å². The number of allylic oxidation sites excluding steroid dienone is 1. The van der Waals surface area contributed by atoms with Crippen LogP contribution in [0.2, 0.25) is 0 Å². The van der Waals surface area contributed by atoms with E-state index in [1.54, 1.807) is 0 Å². The Morgan fingerprint density at radius 3 is 1.74 bits per heavy atom. The van der Waals surface area contributed by atoms with Gasteiger partial charge in [0.2, 0.25) is 0 Å². The molecule has 182 valence electrons. The van der Waals surface area contributed by atoms with E-state index in [2.05, 4.69) is 98.2 Å². The molecule has 2 aliphatic rings. The van der Waals surface area contributed by atoms with Crippen LogP contribution in [0.1, 0.15) is 49.9 Å². The minimum Gasteiger partial charge on any atom is -0.457 e. The van der Waals surface area contributed by atoms with Crippen molar-refractivity contribution in [3.63, 3.8) is 0 Å². The lowest BCUT2D eigenvalue weighted by Gasteiger charge is -2.40. The van der Waals surface area contributed by atoms with Gasteiger partial charge in [0.25, 0.3) is 0 Å². The molecule has 5 nitrogen and oxygen atoms in total. The zero-order valence-corrected chi connectivity index (χ0v) is 21.8. The van der Waals surface area contributed by atoms with Gasteiger partial charge in [-0.3, -0.25) is 5.14 Å². The molecule has 1 spiro atoms. The molecule has 6 heteroatoms. The molecule has 3 aromatic carbocycles. The molecule has 0 atom stereocenters. The molecule has 0 amide bonds. The summed E-state index contributed by atoms with van der Waals surface area (Å²) < 4.78 is 6.69. The van der Waals surface area contributed by atoms with Crippen LogP contribution in [0, 0.1) is 0 Å². The summed E-state index contributed by atoms with van der Waals surface area (Å²) in [4.78, 5) is 5.60. The summed E-state index contributed by atoms with van der Waals surface area (Å²) in [6, 6.07) is 21.5. The summed E-state index contributed by atoms with van der Waals surface area (Å²) in [6.07, 6.45) is 0. The molecule has 0 radical (unpaired) electrons. The quantitative estimate of drug-likeness (QED) is 0.395. The minimum atomic E-state index is -0.648. The zero-order valence-electron chi connectivity index (χ0n) is 21.0.